The first-order chi connectivity index (χ1) is 11.7. The average Bonchev–Trinajstić information content (AvgIpc) is 3.03. The number of aromatic nitrogens is 2. The fraction of sp³-hybridized carbons (Fsp3) is 0.263. The highest BCUT2D eigenvalue weighted by Gasteiger charge is 2.32. The fourth-order valence-corrected chi connectivity index (χ4v) is 3.34. The molecule has 1 saturated heterocycles. The Morgan fingerprint density at radius 1 is 1.08 bits per heavy atom. The van der Waals surface area contributed by atoms with Crippen molar-refractivity contribution in [3.63, 3.8) is 0 Å². The molecule has 5 nitrogen and oxygen atoms in total. The van der Waals surface area contributed by atoms with Gasteiger partial charge >= 0.3 is 0 Å². The molecule has 0 amide bonds. The van der Waals surface area contributed by atoms with E-state index in [1.54, 1.807) is 7.11 Å². The van der Waals surface area contributed by atoms with Gasteiger partial charge in [0, 0.05) is 25.0 Å². The number of anilines is 1. The van der Waals surface area contributed by atoms with E-state index in [4.69, 9.17) is 15.5 Å². The van der Waals surface area contributed by atoms with E-state index in [2.05, 4.69) is 22.0 Å². The second-order valence-corrected chi connectivity index (χ2v) is 6.17. The van der Waals surface area contributed by atoms with Crippen LogP contribution in [0.1, 0.15) is 11.5 Å². The van der Waals surface area contributed by atoms with Gasteiger partial charge in [0.1, 0.15) is 11.6 Å². The van der Waals surface area contributed by atoms with Crippen LogP contribution in [0.3, 0.4) is 0 Å². The van der Waals surface area contributed by atoms with Crippen LogP contribution in [0.25, 0.3) is 11.0 Å². The zero-order chi connectivity index (χ0) is 16.5. The molecule has 0 aliphatic carbocycles. The van der Waals surface area contributed by atoms with Crippen LogP contribution in [-0.2, 0) is 0 Å². The van der Waals surface area contributed by atoms with E-state index in [0.717, 1.165) is 35.7 Å². The zero-order valence-electron chi connectivity index (χ0n) is 13.6. The minimum absolute atomic E-state index is 0.0605. The summed E-state index contributed by atoms with van der Waals surface area (Å²) < 4.78 is 5.33. The van der Waals surface area contributed by atoms with Crippen molar-refractivity contribution in [3.05, 3.63) is 60.3 Å². The number of nitrogens with zero attached hydrogens (tertiary/aromatic N) is 3. The topological polar surface area (TPSA) is 64.3 Å². The summed E-state index contributed by atoms with van der Waals surface area (Å²) in [7, 11) is 1.69. The maximum Gasteiger partial charge on any atom is 0.147 e. The van der Waals surface area contributed by atoms with Crippen LogP contribution < -0.4 is 15.4 Å². The molecule has 0 saturated carbocycles. The lowest BCUT2D eigenvalue weighted by Crippen LogP contribution is -2.29. The molecule has 24 heavy (non-hydrogen) atoms. The molecular formula is C19H20N4O. The van der Waals surface area contributed by atoms with Crippen LogP contribution in [0.2, 0.25) is 0 Å². The van der Waals surface area contributed by atoms with Crippen molar-refractivity contribution >= 4 is 16.9 Å². The van der Waals surface area contributed by atoms with E-state index in [9.17, 15) is 0 Å². The van der Waals surface area contributed by atoms with Gasteiger partial charge < -0.3 is 15.4 Å². The summed E-state index contributed by atoms with van der Waals surface area (Å²) in [6.07, 6.45) is 1.84. The first kappa shape index (κ1) is 14.9. The van der Waals surface area contributed by atoms with Gasteiger partial charge in [-0.3, -0.25) is 4.98 Å². The molecule has 4 rings (SSSR count). The van der Waals surface area contributed by atoms with Gasteiger partial charge in [-0.1, -0.05) is 24.3 Å². The van der Waals surface area contributed by atoms with Crippen LogP contribution >= 0.6 is 0 Å². The molecule has 122 valence electrons. The summed E-state index contributed by atoms with van der Waals surface area (Å²) in [5.74, 6) is 2.01. The molecule has 3 aromatic rings. The molecule has 1 aliphatic heterocycles. The van der Waals surface area contributed by atoms with Gasteiger partial charge in [0.2, 0.25) is 0 Å². The maximum atomic E-state index is 6.41. The molecule has 0 unspecified atom stereocenters. The van der Waals surface area contributed by atoms with Crippen molar-refractivity contribution in [3.8, 4) is 5.75 Å². The molecule has 0 radical (unpaired) electrons. The highest BCUT2D eigenvalue weighted by atomic mass is 16.5. The third kappa shape index (κ3) is 2.67. The van der Waals surface area contributed by atoms with Gasteiger partial charge in [-0.05, 0) is 29.8 Å². The van der Waals surface area contributed by atoms with E-state index < -0.39 is 0 Å². The molecule has 0 spiro atoms. The molecule has 1 fully saturated rings. The first-order valence-corrected chi connectivity index (χ1v) is 8.11. The van der Waals surface area contributed by atoms with E-state index in [0.29, 0.717) is 0 Å². The van der Waals surface area contributed by atoms with Crippen LogP contribution in [0.5, 0.6) is 5.75 Å². The van der Waals surface area contributed by atoms with Crippen molar-refractivity contribution < 1.29 is 4.74 Å². The number of ether oxygens (including phenoxy) is 1. The number of hydrogen-bond donors (Lipinski definition) is 1. The van der Waals surface area contributed by atoms with Crippen LogP contribution in [0, 0.1) is 0 Å². The third-order valence-corrected chi connectivity index (χ3v) is 4.65. The Morgan fingerprint density at radius 3 is 2.75 bits per heavy atom. The summed E-state index contributed by atoms with van der Waals surface area (Å²) in [4.78, 5) is 11.5. The predicted molar refractivity (Wildman–Crippen MR) is 95.5 cm³/mol. The lowest BCUT2D eigenvalue weighted by molar-refractivity contribution is 0.413. The standard InChI is InChI=1S/C19H20N4O/c1-24-14-6-4-5-13(9-14)15-11-23(12-16(15)20)19-10-21-17-7-2-3-8-18(17)22-19/h2-10,15-16H,11-12,20H2,1H3/t15-,16+/m1/s1. The maximum absolute atomic E-state index is 6.41. The van der Waals surface area contributed by atoms with Gasteiger partial charge in [-0.25, -0.2) is 4.98 Å². The molecule has 2 aromatic carbocycles. The Bertz CT molecular complexity index is 867. The molecule has 2 atom stereocenters. The van der Waals surface area contributed by atoms with E-state index in [1.165, 1.54) is 5.56 Å². The Kier molecular flexibility index (Phi) is 3.78. The Morgan fingerprint density at radius 2 is 1.92 bits per heavy atom. The number of fused-ring (bicyclic) bond motifs is 1. The summed E-state index contributed by atoms with van der Waals surface area (Å²) >= 11 is 0. The molecule has 0 bridgehead atoms. The zero-order valence-corrected chi connectivity index (χ0v) is 13.6. The first-order valence-electron chi connectivity index (χ1n) is 8.11. The monoisotopic (exact) mass is 320 g/mol. The van der Waals surface area contributed by atoms with Crippen molar-refractivity contribution in [1.82, 2.24) is 9.97 Å². The van der Waals surface area contributed by atoms with Crippen molar-refractivity contribution in [2.75, 3.05) is 25.1 Å². The van der Waals surface area contributed by atoms with Gasteiger partial charge in [0.25, 0.3) is 0 Å². The summed E-state index contributed by atoms with van der Waals surface area (Å²) in [6, 6.07) is 16.1. The smallest absolute Gasteiger partial charge is 0.147 e. The van der Waals surface area contributed by atoms with Gasteiger partial charge in [-0.2, -0.15) is 0 Å². The Balaban J connectivity index is 1.61. The quantitative estimate of drug-likeness (QED) is 0.803. The highest BCUT2D eigenvalue weighted by molar-refractivity contribution is 5.75. The van der Waals surface area contributed by atoms with E-state index in [1.807, 2.05) is 42.6 Å². The van der Waals surface area contributed by atoms with Gasteiger partial charge in [0.05, 0.1) is 24.3 Å². The molecular weight excluding hydrogens is 300 g/mol. The molecule has 1 aliphatic rings. The Hall–Kier alpha value is -2.66. The summed E-state index contributed by atoms with van der Waals surface area (Å²) in [5, 5.41) is 0. The highest BCUT2D eigenvalue weighted by Crippen LogP contribution is 2.31. The summed E-state index contributed by atoms with van der Waals surface area (Å²) in [6.45, 7) is 1.61. The largest absolute Gasteiger partial charge is 0.497 e. The molecule has 2 heterocycles. The van der Waals surface area contributed by atoms with E-state index >= 15 is 0 Å². The van der Waals surface area contributed by atoms with E-state index in [-0.39, 0.29) is 12.0 Å². The normalized spacial score (nSPS) is 20.5. The van der Waals surface area contributed by atoms with Crippen LogP contribution in [0.4, 0.5) is 5.82 Å². The second kappa shape index (κ2) is 6.09. The molecule has 2 N–H and O–H groups in total. The number of methoxy groups -OCH3 is 1. The van der Waals surface area contributed by atoms with Crippen LogP contribution in [0.15, 0.2) is 54.7 Å². The number of rotatable bonds is 3. The minimum atomic E-state index is 0.0605. The third-order valence-electron chi connectivity index (χ3n) is 4.65. The number of nitrogens with two attached hydrogens (primary N) is 1. The Labute approximate surface area is 141 Å². The number of hydrogen-bond acceptors (Lipinski definition) is 5. The SMILES string of the molecule is COc1cccc([C@H]2CN(c3cnc4ccccc4n3)C[C@@H]2N)c1. The second-order valence-electron chi connectivity index (χ2n) is 6.17. The predicted octanol–water partition coefficient (Wildman–Crippen LogP) is 2.57. The average molecular weight is 320 g/mol. The lowest BCUT2D eigenvalue weighted by atomic mass is 9.95. The number of benzene rings is 2. The fourth-order valence-electron chi connectivity index (χ4n) is 3.34. The lowest BCUT2D eigenvalue weighted by Gasteiger charge is -2.17. The van der Waals surface area contributed by atoms with Crippen molar-refractivity contribution in [2.45, 2.75) is 12.0 Å². The number of para-hydroxylation sites is 2. The molecule has 1 aromatic heterocycles. The van der Waals surface area contributed by atoms with Crippen molar-refractivity contribution in [1.29, 1.82) is 0 Å². The summed E-state index contributed by atoms with van der Waals surface area (Å²) in [5.41, 5.74) is 9.44. The van der Waals surface area contributed by atoms with Gasteiger partial charge in [-0.15, -0.1) is 0 Å². The van der Waals surface area contributed by atoms with Crippen molar-refractivity contribution in [2.24, 2.45) is 5.73 Å². The van der Waals surface area contributed by atoms with Gasteiger partial charge in [0.15, 0.2) is 0 Å². The minimum Gasteiger partial charge on any atom is -0.497 e. The molecule has 5 heteroatoms. The van der Waals surface area contributed by atoms with Crippen LogP contribution in [-0.4, -0.2) is 36.2 Å².